The molecule has 0 saturated carbocycles. The van der Waals surface area contributed by atoms with E-state index in [1.54, 1.807) is 0 Å². The van der Waals surface area contributed by atoms with Gasteiger partial charge in [-0.3, -0.25) is 14.9 Å². The number of carbonyl (C=O) groups is 1. The molecule has 6 nitrogen and oxygen atoms in total. The van der Waals surface area contributed by atoms with Crippen LogP contribution in [0.5, 0.6) is 0 Å². The zero-order valence-corrected chi connectivity index (χ0v) is 10.2. The number of hydrogen-bond donors (Lipinski definition) is 2. The number of nitro groups is 1. The predicted octanol–water partition coefficient (Wildman–Crippen LogP) is 1.78. The zero-order valence-electron chi connectivity index (χ0n) is 8.57. The average molecular weight is 306 g/mol. The van der Waals surface area contributed by atoms with E-state index in [1.807, 2.05) is 0 Å². The highest BCUT2D eigenvalue weighted by Gasteiger charge is 2.17. The Morgan fingerprint density at radius 2 is 2.24 bits per heavy atom. The Morgan fingerprint density at radius 1 is 1.59 bits per heavy atom. The molecule has 1 rings (SSSR count). The number of amides is 1. The fourth-order valence-corrected chi connectivity index (χ4v) is 1.48. The number of nitrogens with zero attached hydrogens (tertiary/aromatic N) is 1. The van der Waals surface area contributed by atoms with Gasteiger partial charge in [0.25, 0.3) is 5.69 Å². The van der Waals surface area contributed by atoms with E-state index in [-0.39, 0.29) is 28.8 Å². The molecule has 1 amide bonds. The highest BCUT2D eigenvalue weighted by molar-refractivity contribution is 9.10. The molecule has 1 aromatic rings. The quantitative estimate of drug-likeness (QED) is 0.640. The minimum Gasteiger partial charge on any atom is -0.379 e. The Labute approximate surface area is 104 Å². The van der Waals surface area contributed by atoms with Gasteiger partial charge in [0.2, 0.25) is 5.91 Å². The number of rotatable bonds is 5. The van der Waals surface area contributed by atoms with E-state index >= 15 is 0 Å². The van der Waals surface area contributed by atoms with Crippen LogP contribution < -0.4 is 11.1 Å². The molecule has 0 heterocycles. The summed E-state index contributed by atoms with van der Waals surface area (Å²) in [5, 5.41) is 13.3. The Kier molecular flexibility index (Phi) is 4.38. The van der Waals surface area contributed by atoms with E-state index in [2.05, 4.69) is 21.2 Å². The van der Waals surface area contributed by atoms with E-state index in [4.69, 9.17) is 5.73 Å². The van der Waals surface area contributed by atoms with E-state index in [0.717, 1.165) is 12.1 Å². The molecule has 0 aliphatic carbocycles. The second-order valence-corrected chi connectivity index (χ2v) is 4.04. The molecule has 0 radical (unpaired) electrons. The van der Waals surface area contributed by atoms with Crippen molar-refractivity contribution in [2.75, 3.05) is 11.9 Å². The fourth-order valence-electron chi connectivity index (χ4n) is 1.15. The van der Waals surface area contributed by atoms with Gasteiger partial charge in [-0.05, 0) is 15.9 Å². The lowest BCUT2D eigenvalue weighted by Crippen LogP contribution is -2.16. The lowest BCUT2D eigenvalue weighted by Gasteiger charge is -2.06. The molecule has 0 fully saturated rings. The summed E-state index contributed by atoms with van der Waals surface area (Å²) < 4.78 is 13.2. The first kappa shape index (κ1) is 13.4. The highest BCUT2D eigenvalue weighted by Crippen LogP contribution is 2.30. The molecule has 0 aliphatic heterocycles. The standard InChI is InChI=1S/C9H9BrFN3O3/c10-5-3-8(14(16)17)7(4-6(5)11)13-2-1-9(12)15/h3-4,13H,1-2H2,(H2,12,15). The van der Waals surface area contributed by atoms with Crippen molar-refractivity contribution in [2.45, 2.75) is 6.42 Å². The van der Waals surface area contributed by atoms with E-state index < -0.39 is 16.6 Å². The summed E-state index contributed by atoms with van der Waals surface area (Å²) in [7, 11) is 0. The van der Waals surface area contributed by atoms with Crippen molar-refractivity contribution in [1.82, 2.24) is 0 Å². The number of hydrogen-bond acceptors (Lipinski definition) is 4. The van der Waals surface area contributed by atoms with E-state index in [9.17, 15) is 19.3 Å². The van der Waals surface area contributed by atoms with Gasteiger partial charge in [-0.25, -0.2) is 4.39 Å². The van der Waals surface area contributed by atoms with Crippen LogP contribution in [-0.2, 0) is 4.79 Å². The van der Waals surface area contributed by atoms with Gasteiger partial charge in [-0.15, -0.1) is 0 Å². The zero-order chi connectivity index (χ0) is 13.0. The third-order valence-electron chi connectivity index (χ3n) is 1.92. The van der Waals surface area contributed by atoms with Crippen LogP contribution in [0.25, 0.3) is 0 Å². The molecule has 17 heavy (non-hydrogen) atoms. The van der Waals surface area contributed by atoms with Crippen LogP contribution in [0.1, 0.15) is 6.42 Å². The smallest absolute Gasteiger partial charge is 0.293 e. The summed E-state index contributed by atoms with van der Waals surface area (Å²) in [6.45, 7) is 0.108. The SMILES string of the molecule is NC(=O)CCNc1cc(F)c(Br)cc1[N+](=O)[O-]. The number of benzene rings is 1. The minimum atomic E-state index is -0.642. The lowest BCUT2D eigenvalue weighted by molar-refractivity contribution is -0.384. The molecule has 3 N–H and O–H groups in total. The predicted molar refractivity (Wildman–Crippen MR) is 63.1 cm³/mol. The van der Waals surface area contributed by atoms with Crippen molar-refractivity contribution in [3.8, 4) is 0 Å². The van der Waals surface area contributed by atoms with Gasteiger partial charge in [0.1, 0.15) is 11.5 Å². The number of carbonyl (C=O) groups excluding carboxylic acids is 1. The number of primary amides is 1. The molecule has 0 bridgehead atoms. The third-order valence-corrected chi connectivity index (χ3v) is 2.53. The number of anilines is 1. The van der Waals surface area contributed by atoms with E-state index in [0.29, 0.717) is 0 Å². The Hall–Kier alpha value is -1.70. The lowest BCUT2D eigenvalue weighted by atomic mass is 10.2. The van der Waals surface area contributed by atoms with Crippen LogP contribution in [0.4, 0.5) is 15.8 Å². The van der Waals surface area contributed by atoms with Crippen molar-refractivity contribution in [3.05, 3.63) is 32.5 Å². The van der Waals surface area contributed by atoms with Crippen molar-refractivity contribution >= 4 is 33.2 Å². The monoisotopic (exact) mass is 305 g/mol. The molecule has 0 unspecified atom stereocenters. The molecular weight excluding hydrogens is 297 g/mol. The molecule has 8 heteroatoms. The Balaban J connectivity index is 2.92. The van der Waals surface area contributed by atoms with Crippen LogP contribution >= 0.6 is 15.9 Å². The van der Waals surface area contributed by atoms with Crippen molar-refractivity contribution < 1.29 is 14.1 Å². The minimum absolute atomic E-state index is 0.00431. The van der Waals surface area contributed by atoms with Gasteiger partial charge in [0.15, 0.2) is 0 Å². The number of nitrogens with two attached hydrogens (primary N) is 1. The van der Waals surface area contributed by atoms with Crippen LogP contribution in [0.15, 0.2) is 16.6 Å². The summed E-state index contributed by atoms with van der Waals surface area (Å²) in [6.07, 6.45) is 0.00877. The third kappa shape index (κ3) is 3.66. The first-order valence-corrected chi connectivity index (χ1v) is 5.36. The molecule has 0 atom stereocenters. The normalized spacial score (nSPS) is 10.0. The highest BCUT2D eigenvalue weighted by atomic mass is 79.9. The second kappa shape index (κ2) is 5.58. The second-order valence-electron chi connectivity index (χ2n) is 3.18. The van der Waals surface area contributed by atoms with Crippen molar-refractivity contribution in [1.29, 1.82) is 0 Å². The molecule has 1 aromatic carbocycles. The summed E-state index contributed by atoms with van der Waals surface area (Å²) in [5.41, 5.74) is 4.65. The van der Waals surface area contributed by atoms with Crippen LogP contribution in [0, 0.1) is 15.9 Å². The first-order chi connectivity index (χ1) is 7.91. The maximum absolute atomic E-state index is 13.2. The molecule has 0 saturated heterocycles. The largest absolute Gasteiger partial charge is 0.379 e. The first-order valence-electron chi connectivity index (χ1n) is 4.57. The molecule has 92 valence electrons. The summed E-state index contributed by atoms with van der Waals surface area (Å²) in [5.74, 6) is -1.17. The van der Waals surface area contributed by atoms with Gasteiger partial charge in [0, 0.05) is 25.1 Å². The topological polar surface area (TPSA) is 98.3 Å². The van der Waals surface area contributed by atoms with Crippen LogP contribution in [0.2, 0.25) is 0 Å². The Bertz CT molecular complexity index is 467. The maximum Gasteiger partial charge on any atom is 0.293 e. The summed E-state index contributed by atoms with van der Waals surface area (Å²) in [6, 6.07) is 2.05. The van der Waals surface area contributed by atoms with Crippen molar-refractivity contribution in [3.63, 3.8) is 0 Å². The van der Waals surface area contributed by atoms with Gasteiger partial charge < -0.3 is 11.1 Å². The summed E-state index contributed by atoms with van der Waals surface area (Å²) in [4.78, 5) is 20.6. The van der Waals surface area contributed by atoms with Gasteiger partial charge in [0.05, 0.1) is 9.40 Å². The van der Waals surface area contributed by atoms with Gasteiger partial charge in [-0.2, -0.15) is 0 Å². The number of nitro benzene ring substituents is 1. The Morgan fingerprint density at radius 3 is 2.76 bits per heavy atom. The van der Waals surface area contributed by atoms with Gasteiger partial charge >= 0.3 is 0 Å². The summed E-state index contributed by atoms with van der Waals surface area (Å²) >= 11 is 2.86. The van der Waals surface area contributed by atoms with Crippen LogP contribution in [0.3, 0.4) is 0 Å². The molecule has 0 aromatic heterocycles. The molecule has 0 spiro atoms. The fraction of sp³-hybridized carbons (Fsp3) is 0.222. The maximum atomic E-state index is 13.2. The van der Waals surface area contributed by atoms with Crippen molar-refractivity contribution in [2.24, 2.45) is 5.73 Å². The molecule has 0 aliphatic rings. The van der Waals surface area contributed by atoms with E-state index in [1.165, 1.54) is 0 Å². The average Bonchev–Trinajstić information content (AvgIpc) is 2.22. The molecular formula is C9H9BrFN3O3. The van der Waals surface area contributed by atoms with Crippen LogP contribution in [-0.4, -0.2) is 17.4 Å². The number of nitrogens with one attached hydrogen (secondary N) is 1. The van der Waals surface area contributed by atoms with Gasteiger partial charge in [-0.1, -0.05) is 0 Å². The number of halogens is 2.